The van der Waals surface area contributed by atoms with Crippen molar-refractivity contribution in [3.63, 3.8) is 0 Å². The van der Waals surface area contributed by atoms with Crippen LogP contribution in [0.3, 0.4) is 0 Å². The van der Waals surface area contributed by atoms with Crippen LogP contribution in [0.25, 0.3) is 0 Å². The standard InChI is InChI=1S/C8H8BrNO3/c1-12-7-4-6(10-11)8(13-2)3-5(7)9/h3-4H,1-2H3. The van der Waals surface area contributed by atoms with Crippen LogP contribution in [0.15, 0.2) is 21.8 Å². The molecule has 5 heteroatoms. The third-order valence-corrected chi connectivity index (χ3v) is 2.17. The van der Waals surface area contributed by atoms with E-state index in [0.29, 0.717) is 11.5 Å². The van der Waals surface area contributed by atoms with Crippen molar-refractivity contribution < 1.29 is 9.47 Å². The van der Waals surface area contributed by atoms with Crippen LogP contribution in [0, 0.1) is 4.91 Å². The summed E-state index contributed by atoms with van der Waals surface area (Å²) in [6.07, 6.45) is 0. The van der Waals surface area contributed by atoms with Gasteiger partial charge in [0.2, 0.25) is 0 Å². The van der Waals surface area contributed by atoms with Gasteiger partial charge in [-0.25, -0.2) is 0 Å². The number of rotatable bonds is 3. The first-order valence-electron chi connectivity index (χ1n) is 3.47. The number of hydrogen-bond acceptors (Lipinski definition) is 4. The second-order valence-electron chi connectivity index (χ2n) is 2.25. The van der Waals surface area contributed by atoms with Gasteiger partial charge < -0.3 is 9.47 Å². The van der Waals surface area contributed by atoms with E-state index in [9.17, 15) is 4.91 Å². The molecule has 1 aromatic carbocycles. The summed E-state index contributed by atoms with van der Waals surface area (Å²) in [5, 5.41) is 2.82. The summed E-state index contributed by atoms with van der Waals surface area (Å²) in [7, 11) is 2.99. The van der Waals surface area contributed by atoms with Crippen LogP contribution < -0.4 is 9.47 Å². The van der Waals surface area contributed by atoms with Gasteiger partial charge in [-0.3, -0.25) is 0 Å². The molecule has 0 bridgehead atoms. The molecule has 70 valence electrons. The number of nitroso groups, excluding NO2 is 1. The lowest BCUT2D eigenvalue weighted by Crippen LogP contribution is -1.87. The van der Waals surface area contributed by atoms with Gasteiger partial charge in [-0.1, -0.05) is 0 Å². The molecule has 1 rings (SSSR count). The molecular formula is C8H8BrNO3. The minimum absolute atomic E-state index is 0.225. The zero-order valence-electron chi connectivity index (χ0n) is 7.20. The van der Waals surface area contributed by atoms with E-state index in [4.69, 9.17) is 9.47 Å². The van der Waals surface area contributed by atoms with Gasteiger partial charge in [-0.2, -0.15) is 0 Å². The fourth-order valence-corrected chi connectivity index (χ4v) is 1.40. The Labute approximate surface area is 84.0 Å². The monoisotopic (exact) mass is 245 g/mol. The fourth-order valence-electron chi connectivity index (χ4n) is 0.916. The quantitative estimate of drug-likeness (QED) is 0.770. The Morgan fingerprint density at radius 3 is 2.31 bits per heavy atom. The summed E-state index contributed by atoms with van der Waals surface area (Å²) < 4.78 is 10.6. The predicted octanol–water partition coefficient (Wildman–Crippen LogP) is 2.86. The van der Waals surface area contributed by atoms with E-state index >= 15 is 0 Å². The number of methoxy groups -OCH3 is 2. The highest BCUT2D eigenvalue weighted by Gasteiger charge is 2.09. The lowest BCUT2D eigenvalue weighted by atomic mass is 10.3. The van der Waals surface area contributed by atoms with Crippen LogP contribution in [0.2, 0.25) is 0 Å². The first-order valence-corrected chi connectivity index (χ1v) is 4.27. The molecule has 4 nitrogen and oxygen atoms in total. The van der Waals surface area contributed by atoms with E-state index in [1.54, 1.807) is 6.07 Å². The van der Waals surface area contributed by atoms with Gasteiger partial charge in [-0.05, 0) is 21.1 Å². The Kier molecular flexibility index (Phi) is 3.25. The maximum Gasteiger partial charge on any atom is 0.153 e. The molecule has 0 saturated carbocycles. The second-order valence-corrected chi connectivity index (χ2v) is 3.10. The van der Waals surface area contributed by atoms with Crippen molar-refractivity contribution >= 4 is 21.6 Å². The Bertz CT molecular complexity index is 327. The molecule has 0 spiro atoms. The van der Waals surface area contributed by atoms with Crippen LogP contribution >= 0.6 is 15.9 Å². The van der Waals surface area contributed by atoms with Gasteiger partial charge in [-0.15, -0.1) is 4.91 Å². The summed E-state index contributed by atoms with van der Waals surface area (Å²) in [6, 6.07) is 3.14. The highest BCUT2D eigenvalue weighted by molar-refractivity contribution is 9.10. The zero-order valence-corrected chi connectivity index (χ0v) is 8.79. The zero-order chi connectivity index (χ0) is 9.84. The van der Waals surface area contributed by atoms with Gasteiger partial charge in [0.05, 0.1) is 18.7 Å². The van der Waals surface area contributed by atoms with E-state index < -0.39 is 0 Å². The van der Waals surface area contributed by atoms with Gasteiger partial charge >= 0.3 is 0 Å². The average Bonchev–Trinajstić information content (AvgIpc) is 2.17. The SMILES string of the molecule is COc1cc(N=O)c(OC)cc1Br. The topological polar surface area (TPSA) is 47.9 Å². The number of ether oxygens (including phenoxy) is 2. The first-order chi connectivity index (χ1) is 6.22. The third-order valence-electron chi connectivity index (χ3n) is 1.55. The molecule has 0 unspecified atom stereocenters. The molecule has 0 fully saturated rings. The Morgan fingerprint density at radius 1 is 1.23 bits per heavy atom. The maximum absolute atomic E-state index is 10.4. The van der Waals surface area contributed by atoms with Crippen LogP contribution in [0.1, 0.15) is 0 Å². The van der Waals surface area contributed by atoms with E-state index in [1.165, 1.54) is 20.3 Å². The van der Waals surface area contributed by atoms with E-state index in [1.807, 2.05) is 0 Å². The van der Waals surface area contributed by atoms with Gasteiger partial charge in [0.15, 0.2) is 5.69 Å². The second kappa shape index (κ2) is 4.23. The molecule has 0 saturated heterocycles. The van der Waals surface area contributed by atoms with Crippen LogP contribution in [-0.4, -0.2) is 14.2 Å². The number of halogens is 1. The Balaban J connectivity index is 3.26. The summed E-state index contributed by atoms with van der Waals surface area (Å²) in [4.78, 5) is 10.4. The van der Waals surface area contributed by atoms with Crippen LogP contribution in [0.4, 0.5) is 5.69 Å². The Hall–Kier alpha value is -1.10. The molecule has 0 amide bonds. The van der Waals surface area contributed by atoms with Crippen molar-refractivity contribution in [1.82, 2.24) is 0 Å². The minimum atomic E-state index is 0.225. The van der Waals surface area contributed by atoms with Crippen molar-refractivity contribution in [3.05, 3.63) is 21.5 Å². The smallest absolute Gasteiger partial charge is 0.153 e. The molecule has 0 aliphatic rings. The average molecular weight is 246 g/mol. The molecule has 13 heavy (non-hydrogen) atoms. The van der Waals surface area contributed by atoms with Crippen molar-refractivity contribution in [3.8, 4) is 11.5 Å². The summed E-state index contributed by atoms with van der Waals surface area (Å²) in [5.74, 6) is 0.970. The van der Waals surface area contributed by atoms with Crippen LogP contribution in [-0.2, 0) is 0 Å². The highest BCUT2D eigenvalue weighted by Crippen LogP contribution is 2.37. The fraction of sp³-hybridized carbons (Fsp3) is 0.250. The predicted molar refractivity (Wildman–Crippen MR) is 52.7 cm³/mol. The van der Waals surface area contributed by atoms with Crippen molar-refractivity contribution in [1.29, 1.82) is 0 Å². The highest BCUT2D eigenvalue weighted by atomic mass is 79.9. The summed E-state index contributed by atoms with van der Waals surface area (Å²) in [6.45, 7) is 0. The van der Waals surface area contributed by atoms with Crippen molar-refractivity contribution in [2.24, 2.45) is 5.18 Å². The third kappa shape index (κ3) is 1.98. The largest absolute Gasteiger partial charge is 0.495 e. The van der Waals surface area contributed by atoms with E-state index in [-0.39, 0.29) is 5.69 Å². The maximum atomic E-state index is 10.4. The number of benzene rings is 1. The summed E-state index contributed by atoms with van der Waals surface area (Å²) in [5.41, 5.74) is 0.225. The van der Waals surface area contributed by atoms with Crippen molar-refractivity contribution in [2.45, 2.75) is 0 Å². The van der Waals surface area contributed by atoms with Crippen LogP contribution in [0.5, 0.6) is 11.5 Å². The number of hydrogen-bond donors (Lipinski definition) is 0. The molecular weight excluding hydrogens is 238 g/mol. The lowest BCUT2D eigenvalue weighted by molar-refractivity contribution is 0.402. The van der Waals surface area contributed by atoms with Crippen molar-refractivity contribution in [2.75, 3.05) is 14.2 Å². The molecule has 0 aliphatic heterocycles. The molecule has 0 aliphatic carbocycles. The van der Waals surface area contributed by atoms with Gasteiger partial charge in [0.25, 0.3) is 0 Å². The molecule has 0 N–H and O–H groups in total. The molecule has 0 atom stereocenters. The minimum Gasteiger partial charge on any atom is -0.495 e. The summed E-state index contributed by atoms with van der Waals surface area (Å²) >= 11 is 3.26. The normalized spacial score (nSPS) is 9.46. The first kappa shape index (κ1) is 9.98. The molecule has 0 aromatic heterocycles. The van der Waals surface area contributed by atoms with Gasteiger partial charge in [0, 0.05) is 12.1 Å². The van der Waals surface area contributed by atoms with Gasteiger partial charge in [0.1, 0.15) is 11.5 Å². The molecule has 0 heterocycles. The Morgan fingerprint density at radius 2 is 1.85 bits per heavy atom. The molecule has 1 aromatic rings. The number of nitrogens with zero attached hydrogens (tertiary/aromatic N) is 1. The van der Waals surface area contributed by atoms with E-state index in [0.717, 1.165) is 4.47 Å². The van der Waals surface area contributed by atoms with E-state index in [2.05, 4.69) is 21.1 Å². The molecule has 0 radical (unpaired) electrons. The lowest BCUT2D eigenvalue weighted by Gasteiger charge is -2.06.